The molecule has 0 spiro atoms. The number of para-hydroxylation sites is 2. The third kappa shape index (κ3) is 3.63. The minimum atomic E-state index is -1.57. The standard InChI is InChI=1S/C10H14N2O3S/c1-8(13)11-9-6-4-5-7-10(9)15-16(14)12(2)3/h4-7H,1-3H3,(H,11,13). The van der Waals surface area contributed by atoms with E-state index in [1.54, 1.807) is 38.4 Å². The maximum absolute atomic E-state index is 11.5. The van der Waals surface area contributed by atoms with Gasteiger partial charge in [0.2, 0.25) is 5.91 Å². The molecule has 1 amide bonds. The molecule has 5 nitrogen and oxygen atoms in total. The van der Waals surface area contributed by atoms with Crippen LogP contribution in [0.25, 0.3) is 0 Å². The average molecular weight is 242 g/mol. The highest BCUT2D eigenvalue weighted by atomic mass is 32.2. The molecule has 16 heavy (non-hydrogen) atoms. The Morgan fingerprint density at radius 3 is 2.56 bits per heavy atom. The van der Waals surface area contributed by atoms with Gasteiger partial charge in [-0.1, -0.05) is 12.1 Å². The van der Waals surface area contributed by atoms with Crippen molar-refractivity contribution in [3.05, 3.63) is 24.3 Å². The molecule has 88 valence electrons. The number of amides is 1. The van der Waals surface area contributed by atoms with Gasteiger partial charge < -0.3 is 9.50 Å². The molecule has 0 heterocycles. The molecule has 0 radical (unpaired) electrons. The Hall–Kier alpha value is -1.40. The number of nitrogens with zero attached hydrogens (tertiary/aromatic N) is 1. The second-order valence-electron chi connectivity index (χ2n) is 3.29. The maximum Gasteiger partial charge on any atom is 0.290 e. The number of nitrogens with one attached hydrogen (secondary N) is 1. The number of benzene rings is 1. The lowest BCUT2D eigenvalue weighted by atomic mass is 10.3. The summed E-state index contributed by atoms with van der Waals surface area (Å²) in [7, 11) is 3.27. The van der Waals surface area contributed by atoms with E-state index >= 15 is 0 Å². The summed E-state index contributed by atoms with van der Waals surface area (Å²) < 4.78 is 18.1. The third-order valence-corrected chi connectivity index (χ3v) is 2.58. The quantitative estimate of drug-likeness (QED) is 0.862. The van der Waals surface area contributed by atoms with Crippen molar-refractivity contribution in [3.8, 4) is 5.75 Å². The average Bonchev–Trinajstić information content (AvgIpc) is 2.20. The molecular weight excluding hydrogens is 228 g/mol. The summed E-state index contributed by atoms with van der Waals surface area (Å²) in [6, 6.07) is 6.83. The molecule has 0 aliphatic heterocycles. The third-order valence-electron chi connectivity index (χ3n) is 1.66. The first-order valence-corrected chi connectivity index (χ1v) is 5.68. The van der Waals surface area contributed by atoms with Gasteiger partial charge in [0.25, 0.3) is 11.3 Å². The second-order valence-corrected chi connectivity index (χ2v) is 4.62. The second kappa shape index (κ2) is 5.62. The highest BCUT2D eigenvalue weighted by Gasteiger charge is 2.09. The topological polar surface area (TPSA) is 58.6 Å². The SMILES string of the molecule is CC(=O)Nc1ccccc1OS(=O)N(C)C. The van der Waals surface area contributed by atoms with Crippen molar-refractivity contribution in [2.45, 2.75) is 6.92 Å². The molecule has 1 atom stereocenters. The molecule has 0 fully saturated rings. The van der Waals surface area contributed by atoms with Gasteiger partial charge in [-0.25, -0.2) is 0 Å². The zero-order valence-electron chi connectivity index (χ0n) is 9.39. The van der Waals surface area contributed by atoms with Crippen LogP contribution in [-0.2, 0) is 16.1 Å². The Morgan fingerprint density at radius 1 is 1.38 bits per heavy atom. The highest BCUT2D eigenvalue weighted by Crippen LogP contribution is 2.24. The fraction of sp³-hybridized carbons (Fsp3) is 0.300. The van der Waals surface area contributed by atoms with E-state index in [1.165, 1.54) is 11.2 Å². The largest absolute Gasteiger partial charge is 0.387 e. The van der Waals surface area contributed by atoms with Gasteiger partial charge in [0.15, 0.2) is 5.75 Å². The summed E-state index contributed by atoms with van der Waals surface area (Å²) in [5.41, 5.74) is 0.505. The van der Waals surface area contributed by atoms with Crippen molar-refractivity contribution < 1.29 is 13.2 Å². The molecule has 0 aliphatic rings. The lowest BCUT2D eigenvalue weighted by Gasteiger charge is -2.12. The van der Waals surface area contributed by atoms with Crippen LogP contribution in [0.15, 0.2) is 24.3 Å². The molecule has 0 aromatic heterocycles. The summed E-state index contributed by atoms with van der Waals surface area (Å²) in [6.07, 6.45) is 0. The molecule has 0 saturated carbocycles. The number of hydrogen-bond donors (Lipinski definition) is 1. The summed E-state index contributed by atoms with van der Waals surface area (Å²) >= 11 is -1.57. The predicted molar refractivity (Wildman–Crippen MR) is 63.2 cm³/mol. The Balaban J connectivity index is 2.86. The van der Waals surface area contributed by atoms with Crippen LogP contribution in [0.3, 0.4) is 0 Å². The summed E-state index contributed by atoms with van der Waals surface area (Å²) in [5.74, 6) is 0.177. The molecule has 1 rings (SSSR count). The Morgan fingerprint density at radius 2 is 2.00 bits per heavy atom. The number of carbonyl (C=O) groups is 1. The van der Waals surface area contributed by atoms with E-state index in [0.29, 0.717) is 11.4 Å². The van der Waals surface area contributed by atoms with Gasteiger partial charge in [-0.2, -0.15) is 8.51 Å². The first-order chi connectivity index (χ1) is 7.50. The Kier molecular flexibility index (Phi) is 4.45. The summed E-state index contributed by atoms with van der Waals surface area (Å²) in [6.45, 7) is 1.40. The molecule has 1 unspecified atom stereocenters. The van der Waals surface area contributed by atoms with E-state index in [0.717, 1.165) is 0 Å². The van der Waals surface area contributed by atoms with Crippen LogP contribution >= 0.6 is 0 Å². The molecule has 0 saturated heterocycles. The van der Waals surface area contributed by atoms with Crippen LogP contribution in [0.4, 0.5) is 5.69 Å². The van der Waals surface area contributed by atoms with Gasteiger partial charge >= 0.3 is 0 Å². The lowest BCUT2D eigenvalue weighted by molar-refractivity contribution is -0.114. The van der Waals surface area contributed by atoms with Gasteiger partial charge in [-0.05, 0) is 12.1 Å². The van der Waals surface area contributed by atoms with E-state index in [2.05, 4.69) is 5.32 Å². The lowest BCUT2D eigenvalue weighted by Crippen LogP contribution is -2.20. The van der Waals surface area contributed by atoms with Gasteiger partial charge in [-0.3, -0.25) is 4.79 Å². The summed E-state index contributed by atoms with van der Waals surface area (Å²) in [5, 5.41) is 2.60. The number of carbonyl (C=O) groups excluding carboxylic acids is 1. The van der Waals surface area contributed by atoms with Gasteiger partial charge in [0, 0.05) is 21.0 Å². The van der Waals surface area contributed by atoms with Crippen LogP contribution in [0.5, 0.6) is 5.75 Å². The van der Waals surface area contributed by atoms with Crippen LogP contribution in [0.1, 0.15) is 6.92 Å². The minimum Gasteiger partial charge on any atom is -0.387 e. The Labute approximate surface area is 97.2 Å². The van der Waals surface area contributed by atoms with Crippen molar-refractivity contribution in [2.75, 3.05) is 19.4 Å². The first kappa shape index (κ1) is 12.7. The van der Waals surface area contributed by atoms with Crippen molar-refractivity contribution >= 4 is 22.9 Å². The zero-order chi connectivity index (χ0) is 12.1. The van der Waals surface area contributed by atoms with Gasteiger partial charge in [0.1, 0.15) is 0 Å². The molecule has 1 aromatic carbocycles. The fourth-order valence-electron chi connectivity index (χ4n) is 0.984. The predicted octanol–water partition coefficient (Wildman–Crippen LogP) is 1.16. The normalized spacial score (nSPS) is 12.2. The van der Waals surface area contributed by atoms with Crippen molar-refractivity contribution in [1.82, 2.24) is 4.31 Å². The van der Waals surface area contributed by atoms with E-state index in [4.69, 9.17) is 4.18 Å². The van der Waals surface area contributed by atoms with Gasteiger partial charge in [0.05, 0.1) is 5.69 Å². The highest BCUT2D eigenvalue weighted by molar-refractivity contribution is 7.78. The van der Waals surface area contributed by atoms with Crippen molar-refractivity contribution in [3.63, 3.8) is 0 Å². The van der Waals surface area contributed by atoms with E-state index in [1.807, 2.05) is 0 Å². The molecule has 1 aromatic rings. The Bertz CT molecular complexity index is 407. The van der Waals surface area contributed by atoms with E-state index in [9.17, 15) is 9.00 Å². The summed E-state index contributed by atoms with van der Waals surface area (Å²) in [4.78, 5) is 10.9. The maximum atomic E-state index is 11.5. The van der Waals surface area contributed by atoms with Crippen LogP contribution in [0, 0.1) is 0 Å². The van der Waals surface area contributed by atoms with E-state index in [-0.39, 0.29) is 5.91 Å². The smallest absolute Gasteiger partial charge is 0.290 e. The zero-order valence-corrected chi connectivity index (χ0v) is 10.2. The molecular formula is C10H14N2O3S. The molecule has 0 bridgehead atoms. The number of anilines is 1. The van der Waals surface area contributed by atoms with Gasteiger partial charge in [-0.15, -0.1) is 0 Å². The van der Waals surface area contributed by atoms with E-state index < -0.39 is 11.3 Å². The molecule has 6 heteroatoms. The van der Waals surface area contributed by atoms with Crippen molar-refractivity contribution in [2.24, 2.45) is 0 Å². The monoisotopic (exact) mass is 242 g/mol. The fourth-order valence-corrected chi connectivity index (χ4v) is 1.43. The molecule has 0 aliphatic carbocycles. The first-order valence-electron chi connectivity index (χ1n) is 4.65. The number of rotatable bonds is 4. The minimum absolute atomic E-state index is 0.202. The van der Waals surface area contributed by atoms with Crippen LogP contribution in [-0.4, -0.2) is 28.5 Å². The van der Waals surface area contributed by atoms with Crippen LogP contribution < -0.4 is 9.50 Å². The van der Waals surface area contributed by atoms with Crippen LogP contribution in [0.2, 0.25) is 0 Å². The number of hydrogen-bond acceptors (Lipinski definition) is 3. The van der Waals surface area contributed by atoms with Crippen molar-refractivity contribution in [1.29, 1.82) is 0 Å². The molecule has 1 N–H and O–H groups in total.